The first kappa shape index (κ1) is 29.2. The van der Waals surface area contributed by atoms with Crippen LogP contribution in [0.15, 0.2) is 26.5 Å². The molecule has 2 heterocycles. The summed E-state index contributed by atoms with van der Waals surface area (Å²) in [5.41, 5.74) is 7.48. The molecule has 10 heteroatoms. The number of unbranched alkanes of at least 4 members (excludes halogenated alkanes) is 2. The lowest BCUT2D eigenvalue weighted by Crippen LogP contribution is -2.34. The Morgan fingerprint density at radius 2 is 2.03 bits per heavy atom. The molecule has 35 heavy (non-hydrogen) atoms. The van der Waals surface area contributed by atoms with Crippen LogP contribution in [-0.2, 0) is 11.2 Å². The molecule has 0 unspecified atom stereocenters. The van der Waals surface area contributed by atoms with Gasteiger partial charge in [0.15, 0.2) is 0 Å². The number of aryl methyl sites for hydroxylation is 1. The van der Waals surface area contributed by atoms with Crippen LogP contribution in [0.2, 0.25) is 0 Å². The van der Waals surface area contributed by atoms with Crippen LogP contribution in [0.5, 0.6) is 0 Å². The van der Waals surface area contributed by atoms with E-state index < -0.39 is 0 Å². The molecule has 196 valence electrons. The van der Waals surface area contributed by atoms with Gasteiger partial charge in [-0.25, -0.2) is 4.99 Å². The predicted octanol–water partition coefficient (Wildman–Crippen LogP) is 3.64. The number of carbonyl (C=O) groups excluding carboxylic acids is 1. The molecular formula is C25H43BrN8O. The first-order valence-corrected chi connectivity index (χ1v) is 13.7. The average Bonchev–Trinajstić information content (AvgIpc) is 3.30. The Hall–Kier alpha value is -2.04. The van der Waals surface area contributed by atoms with Gasteiger partial charge < -0.3 is 25.6 Å². The number of nitrogens with one attached hydrogen (secondary N) is 1. The van der Waals surface area contributed by atoms with Gasteiger partial charge in [-0.2, -0.15) is 5.10 Å². The van der Waals surface area contributed by atoms with E-state index in [0.29, 0.717) is 18.3 Å². The fourth-order valence-corrected chi connectivity index (χ4v) is 4.54. The fraction of sp³-hybridized carbons (Fsp3) is 0.680. The molecule has 9 nitrogen and oxygen atoms in total. The molecule has 2 rings (SSSR count). The SMILES string of the molecule is CCc1nn(C2CCN(CC)CC2)cc1\N=C/C(Br)=C(\N=C\N)NCCCN(C)CCCCC=O. The van der Waals surface area contributed by atoms with Crippen LogP contribution >= 0.6 is 15.9 Å². The fourth-order valence-electron chi connectivity index (χ4n) is 4.20. The molecule has 0 saturated carbocycles. The number of allylic oxidation sites excluding steroid dienone is 1. The van der Waals surface area contributed by atoms with E-state index >= 15 is 0 Å². The topological polar surface area (TPSA) is 104 Å². The first-order valence-electron chi connectivity index (χ1n) is 12.9. The number of likely N-dealkylation sites (tertiary alicyclic amines) is 1. The van der Waals surface area contributed by atoms with Crippen molar-refractivity contribution in [2.75, 3.05) is 46.3 Å². The lowest BCUT2D eigenvalue weighted by Gasteiger charge is -2.31. The summed E-state index contributed by atoms with van der Waals surface area (Å²) in [6.07, 6.45) is 12.8. The number of piperidine rings is 1. The van der Waals surface area contributed by atoms with Gasteiger partial charge in [0.1, 0.15) is 17.8 Å². The van der Waals surface area contributed by atoms with Gasteiger partial charge in [-0.1, -0.05) is 13.8 Å². The molecular weight excluding hydrogens is 508 g/mol. The number of hydrogen-bond acceptors (Lipinski definition) is 7. The molecule has 0 radical (unpaired) electrons. The van der Waals surface area contributed by atoms with Crippen molar-refractivity contribution in [3.05, 3.63) is 22.2 Å². The van der Waals surface area contributed by atoms with Gasteiger partial charge in [0, 0.05) is 32.3 Å². The molecule has 1 aromatic rings. The highest BCUT2D eigenvalue weighted by atomic mass is 79.9. The van der Waals surface area contributed by atoms with E-state index in [1.165, 1.54) is 6.34 Å². The molecule has 0 aromatic carbocycles. The zero-order chi connectivity index (χ0) is 25.5. The van der Waals surface area contributed by atoms with Crippen molar-refractivity contribution in [1.29, 1.82) is 0 Å². The number of carbonyl (C=O) groups is 1. The smallest absolute Gasteiger partial charge is 0.143 e. The molecule has 1 aliphatic rings. The van der Waals surface area contributed by atoms with Crippen LogP contribution < -0.4 is 11.1 Å². The zero-order valence-electron chi connectivity index (χ0n) is 21.6. The van der Waals surface area contributed by atoms with Crippen LogP contribution in [0.4, 0.5) is 5.69 Å². The molecule has 1 aromatic heterocycles. The first-order chi connectivity index (χ1) is 17.0. The summed E-state index contributed by atoms with van der Waals surface area (Å²) in [5, 5.41) is 8.19. The Morgan fingerprint density at radius 1 is 1.29 bits per heavy atom. The van der Waals surface area contributed by atoms with Crippen LogP contribution in [0.1, 0.15) is 64.1 Å². The third kappa shape index (κ3) is 10.2. The van der Waals surface area contributed by atoms with Crippen LogP contribution in [0.25, 0.3) is 0 Å². The Bertz CT molecular complexity index is 843. The van der Waals surface area contributed by atoms with Crippen molar-refractivity contribution in [3.63, 3.8) is 0 Å². The number of aliphatic imine (C=N–C) groups is 2. The Kier molecular flexibility index (Phi) is 13.8. The van der Waals surface area contributed by atoms with Gasteiger partial charge >= 0.3 is 0 Å². The van der Waals surface area contributed by atoms with Gasteiger partial charge in [0.05, 0.1) is 28.8 Å². The standard InChI is InChI=1S/C25H43BrN8O/c1-4-23-24(19-34(31-23)21-10-15-33(5-2)16-11-21)29-18-22(26)25(30-20-27)28-12-9-14-32(3)13-7-6-8-17-35/h17-21,28H,4-16H2,1-3H3,(H2,27,30)/b25-22+,29-18-. The summed E-state index contributed by atoms with van der Waals surface area (Å²) < 4.78 is 2.86. The molecule has 1 aliphatic heterocycles. The normalized spacial score (nSPS) is 16.5. The highest BCUT2D eigenvalue weighted by molar-refractivity contribution is 9.12. The Labute approximate surface area is 219 Å². The van der Waals surface area contributed by atoms with E-state index in [-0.39, 0.29) is 0 Å². The van der Waals surface area contributed by atoms with E-state index in [2.05, 4.69) is 67.8 Å². The second-order valence-corrected chi connectivity index (χ2v) is 9.79. The predicted molar refractivity (Wildman–Crippen MR) is 149 cm³/mol. The number of halogens is 1. The van der Waals surface area contributed by atoms with E-state index in [1.807, 2.05) is 0 Å². The summed E-state index contributed by atoms with van der Waals surface area (Å²) >= 11 is 3.60. The van der Waals surface area contributed by atoms with E-state index in [4.69, 9.17) is 15.8 Å². The summed E-state index contributed by atoms with van der Waals surface area (Å²) in [7, 11) is 2.11. The lowest BCUT2D eigenvalue weighted by atomic mass is 10.1. The van der Waals surface area contributed by atoms with Gasteiger partial charge in [-0.3, -0.25) is 9.67 Å². The second-order valence-electron chi connectivity index (χ2n) is 8.94. The third-order valence-electron chi connectivity index (χ3n) is 6.37. The van der Waals surface area contributed by atoms with Crippen LogP contribution in [-0.4, -0.2) is 84.7 Å². The summed E-state index contributed by atoms with van der Waals surface area (Å²) in [6, 6.07) is 0.438. The summed E-state index contributed by atoms with van der Waals surface area (Å²) in [5.74, 6) is 0.655. The molecule has 0 amide bonds. The molecule has 0 atom stereocenters. The minimum Gasteiger partial charge on any atom is -0.390 e. The summed E-state index contributed by atoms with van der Waals surface area (Å²) in [6.45, 7) is 10.4. The quantitative estimate of drug-likeness (QED) is 0.141. The van der Waals surface area contributed by atoms with Crippen molar-refractivity contribution in [1.82, 2.24) is 24.9 Å². The molecule has 0 spiro atoms. The van der Waals surface area contributed by atoms with Crippen LogP contribution in [0, 0.1) is 0 Å². The Morgan fingerprint density at radius 3 is 2.69 bits per heavy atom. The third-order valence-corrected chi connectivity index (χ3v) is 6.95. The Balaban J connectivity index is 1.93. The highest BCUT2D eigenvalue weighted by Crippen LogP contribution is 2.27. The highest BCUT2D eigenvalue weighted by Gasteiger charge is 2.21. The molecule has 1 saturated heterocycles. The van der Waals surface area contributed by atoms with Crippen molar-refractivity contribution >= 4 is 40.5 Å². The molecule has 3 N–H and O–H groups in total. The number of nitrogens with zero attached hydrogens (tertiary/aromatic N) is 6. The van der Waals surface area contributed by atoms with E-state index in [0.717, 1.165) is 99.9 Å². The van der Waals surface area contributed by atoms with E-state index in [9.17, 15) is 4.79 Å². The van der Waals surface area contributed by atoms with Crippen LogP contribution in [0.3, 0.4) is 0 Å². The largest absolute Gasteiger partial charge is 0.390 e. The van der Waals surface area contributed by atoms with Crippen molar-refractivity contribution < 1.29 is 4.79 Å². The van der Waals surface area contributed by atoms with Gasteiger partial charge in [-0.15, -0.1) is 0 Å². The van der Waals surface area contributed by atoms with Gasteiger partial charge in [0.25, 0.3) is 0 Å². The van der Waals surface area contributed by atoms with Crippen molar-refractivity contribution in [3.8, 4) is 0 Å². The van der Waals surface area contributed by atoms with Crippen molar-refractivity contribution in [2.24, 2.45) is 15.7 Å². The number of nitrogens with two attached hydrogens (primary N) is 1. The molecule has 0 aliphatic carbocycles. The monoisotopic (exact) mass is 550 g/mol. The average molecular weight is 552 g/mol. The van der Waals surface area contributed by atoms with Crippen molar-refractivity contribution in [2.45, 2.75) is 64.8 Å². The number of aldehydes is 1. The maximum absolute atomic E-state index is 10.4. The minimum atomic E-state index is 0.438. The lowest BCUT2D eigenvalue weighted by molar-refractivity contribution is -0.107. The van der Waals surface area contributed by atoms with Gasteiger partial charge in [-0.05, 0) is 81.1 Å². The maximum atomic E-state index is 10.4. The number of rotatable bonds is 16. The van der Waals surface area contributed by atoms with E-state index in [1.54, 1.807) is 6.21 Å². The van der Waals surface area contributed by atoms with Gasteiger partial charge in [0.2, 0.25) is 0 Å². The minimum absolute atomic E-state index is 0.438. The summed E-state index contributed by atoms with van der Waals surface area (Å²) in [4.78, 5) is 24.2. The number of aromatic nitrogens is 2. The maximum Gasteiger partial charge on any atom is 0.143 e. The molecule has 1 fully saturated rings. The zero-order valence-corrected chi connectivity index (χ0v) is 23.2. The number of hydrogen-bond donors (Lipinski definition) is 2. The second kappa shape index (κ2) is 16.6. The molecule has 0 bridgehead atoms.